The van der Waals surface area contributed by atoms with Crippen molar-refractivity contribution in [1.29, 1.82) is 0 Å². The molecule has 2 heterocycles. The number of nitrogens with one attached hydrogen (secondary N) is 2. The van der Waals surface area contributed by atoms with Crippen LogP contribution < -0.4 is 15.4 Å². The molecule has 2 aromatic heterocycles. The van der Waals surface area contributed by atoms with Crippen molar-refractivity contribution in [2.24, 2.45) is 0 Å². The molecule has 0 bridgehead atoms. The third kappa shape index (κ3) is 3.68. The van der Waals surface area contributed by atoms with Crippen LogP contribution >= 0.6 is 0 Å². The van der Waals surface area contributed by atoms with E-state index in [2.05, 4.69) is 20.6 Å². The van der Waals surface area contributed by atoms with E-state index in [0.717, 1.165) is 17.2 Å². The summed E-state index contributed by atoms with van der Waals surface area (Å²) in [7, 11) is 1.39. The van der Waals surface area contributed by atoms with Crippen molar-refractivity contribution in [1.82, 2.24) is 14.4 Å². The van der Waals surface area contributed by atoms with Crippen LogP contribution in [-0.4, -0.2) is 33.9 Å². The van der Waals surface area contributed by atoms with Gasteiger partial charge in [-0.1, -0.05) is 0 Å². The smallest absolute Gasteiger partial charge is 0.226 e. The highest BCUT2D eigenvalue weighted by Crippen LogP contribution is 2.21. The van der Waals surface area contributed by atoms with Gasteiger partial charge in [-0.15, -0.1) is 0 Å². The lowest BCUT2D eigenvalue weighted by atomic mass is 10.2. The predicted molar refractivity (Wildman–Crippen MR) is 92.4 cm³/mol. The van der Waals surface area contributed by atoms with Gasteiger partial charge in [0, 0.05) is 37.1 Å². The summed E-state index contributed by atoms with van der Waals surface area (Å²) < 4.78 is 20.3. The second kappa shape index (κ2) is 7.16. The van der Waals surface area contributed by atoms with E-state index in [0.29, 0.717) is 12.2 Å². The predicted octanol–water partition coefficient (Wildman–Crippen LogP) is 2.63. The van der Waals surface area contributed by atoms with E-state index in [1.54, 1.807) is 24.7 Å². The summed E-state index contributed by atoms with van der Waals surface area (Å²) in [6.07, 6.45) is 5.37. The lowest BCUT2D eigenvalue weighted by Gasteiger charge is -2.09. The van der Waals surface area contributed by atoms with Crippen LogP contribution in [-0.2, 0) is 4.79 Å². The summed E-state index contributed by atoms with van der Waals surface area (Å²) in [6, 6.07) is 4.29. The van der Waals surface area contributed by atoms with Gasteiger partial charge in [0.25, 0.3) is 0 Å². The first-order valence-corrected chi connectivity index (χ1v) is 7.74. The van der Waals surface area contributed by atoms with Gasteiger partial charge in [-0.25, -0.2) is 9.37 Å². The van der Waals surface area contributed by atoms with Crippen LogP contribution in [0.25, 0.3) is 5.65 Å². The molecule has 130 valence electrons. The lowest BCUT2D eigenvalue weighted by molar-refractivity contribution is -0.115. The first-order valence-electron chi connectivity index (χ1n) is 7.74. The zero-order valence-corrected chi connectivity index (χ0v) is 13.9. The van der Waals surface area contributed by atoms with E-state index in [1.807, 2.05) is 11.3 Å². The Morgan fingerprint density at radius 1 is 1.40 bits per heavy atom. The monoisotopic (exact) mass is 343 g/mol. The molecule has 25 heavy (non-hydrogen) atoms. The number of carbonyl (C=O) groups is 1. The third-order valence-electron chi connectivity index (χ3n) is 3.68. The van der Waals surface area contributed by atoms with Crippen LogP contribution in [0.2, 0.25) is 0 Å². The van der Waals surface area contributed by atoms with E-state index in [1.165, 1.54) is 19.2 Å². The number of imidazole rings is 1. The van der Waals surface area contributed by atoms with Crippen molar-refractivity contribution in [3.05, 3.63) is 48.3 Å². The fraction of sp³-hybridized carbons (Fsp3) is 0.235. The molecule has 0 unspecified atom stereocenters. The number of halogens is 1. The molecule has 0 aliphatic carbocycles. The number of aryl methyl sites for hydroxylation is 1. The Hall–Kier alpha value is -3.16. The van der Waals surface area contributed by atoms with Crippen LogP contribution in [0.15, 0.2) is 36.8 Å². The van der Waals surface area contributed by atoms with Gasteiger partial charge in [-0.05, 0) is 19.1 Å². The SMILES string of the molecule is COc1ccc(NC(=O)CCNc2c(C)nc3cnccn23)cc1F. The average Bonchev–Trinajstić information content (AvgIpc) is 2.91. The van der Waals surface area contributed by atoms with Crippen LogP contribution in [0.5, 0.6) is 5.75 Å². The average molecular weight is 343 g/mol. The molecule has 3 aromatic rings. The fourth-order valence-corrected chi connectivity index (χ4v) is 2.50. The maximum atomic E-state index is 13.6. The fourth-order valence-electron chi connectivity index (χ4n) is 2.50. The highest BCUT2D eigenvalue weighted by atomic mass is 19.1. The number of benzene rings is 1. The molecular formula is C17H18FN5O2. The van der Waals surface area contributed by atoms with Gasteiger partial charge in [0.1, 0.15) is 5.82 Å². The van der Waals surface area contributed by atoms with Crippen LogP contribution in [0, 0.1) is 12.7 Å². The molecule has 0 saturated carbocycles. The number of rotatable bonds is 6. The maximum absolute atomic E-state index is 13.6. The summed E-state index contributed by atoms with van der Waals surface area (Å²) in [5, 5.41) is 5.86. The number of hydrogen-bond acceptors (Lipinski definition) is 5. The number of carbonyl (C=O) groups excluding carboxylic acids is 1. The van der Waals surface area contributed by atoms with Crippen molar-refractivity contribution in [3.8, 4) is 5.75 Å². The standard InChI is InChI=1S/C17H18FN5O2/c1-11-17(23-8-7-19-10-15(23)21-11)20-6-5-16(24)22-12-3-4-14(25-2)13(18)9-12/h3-4,7-10,20H,5-6H2,1-2H3,(H,22,24). The summed E-state index contributed by atoms with van der Waals surface area (Å²) in [5.74, 6) is 0.219. The van der Waals surface area contributed by atoms with Gasteiger partial charge >= 0.3 is 0 Å². The van der Waals surface area contributed by atoms with Crippen molar-refractivity contribution in [3.63, 3.8) is 0 Å². The normalized spacial score (nSPS) is 10.7. The summed E-state index contributed by atoms with van der Waals surface area (Å²) in [5.41, 5.74) is 1.95. The molecule has 8 heteroatoms. The third-order valence-corrected chi connectivity index (χ3v) is 3.68. The van der Waals surface area contributed by atoms with Crippen LogP contribution in [0.4, 0.5) is 15.9 Å². The minimum absolute atomic E-state index is 0.136. The number of aromatic nitrogens is 3. The molecule has 0 aliphatic rings. The molecule has 2 N–H and O–H groups in total. The van der Waals surface area contributed by atoms with Gasteiger partial charge in [0.15, 0.2) is 17.2 Å². The van der Waals surface area contributed by atoms with Gasteiger partial charge in [0.2, 0.25) is 5.91 Å². The van der Waals surface area contributed by atoms with Crippen molar-refractivity contribution in [2.45, 2.75) is 13.3 Å². The molecular weight excluding hydrogens is 325 g/mol. The molecule has 0 aliphatic heterocycles. The molecule has 7 nitrogen and oxygen atoms in total. The van der Waals surface area contributed by atoms with Gasteiger partial charge in [-0.2, -0.15) is 0 Å². The summed E-state index contributed by atoms with van der Waals surface area (Å²) in [4.78, 5) is 20.4. The minimum Gasteiger partial charge on any atom is -0.494 e. The molecule has 0 atom stereocenters. The Kier molecular flexibility index (Phi) is 4.78. The highest BCUT2D eigenvalue weighted by molar-refractivity contribution is 5.91. The molecule has 1 amide bonds. The molecule has 0 spiro atoms. The first-order chi connectivity index (χ1) is 12.1. The Balaban J connectivity index is 1.57. The number of ether oxygens (including phenoxy) is 1. The number of amides is 1. The Labute approximate surface area is 143 Å². The Morgan fingerprint density at radius 2 is 2.24 bits per heavy atom. The molecule has 3 rings (SSSR count). The second-order valence-electron chi connectivity index (χ2n) is 5.42. The van der Waals surface area contributed by atoms with E-state index in [-0.39, 0.29) is 18.1 Å². The first kappa shape index (κ1) is 16.7. The number of hydrogen-bond donors (Lipinski definition) is 2. The van der Waals surface area contributed by atoms with Crippen molar-refractivity contribution >= 4 is 23.1 Å². The second-order valence-corrected chi connectivity index (χ2v) is 5.42. The zero-order valence-electron chi connectivity index (χ0n) is 13.9. The van der Waals surface area contributed by atoms with E-state index in [4.69, 9.17) is 4.74 Å². The number of methoxy groups -OCH3 is 1. The van der Waals surface area contributed by atoms with Crippen molar-refractivity contribution < 1.29 is 13.9 Å². The number of nitrogens with zero attached hydrogens (tertiary/aromatic N) is 3. The van der Waals surface area contributed by atoms with E-state index in [9.17, 15) is 9.18 Å². The zero-order chi connectivity index (χ0) is 17.8. The summed E-state index contributed by atoms with van der Waals surface area (Å²) in [6.45, 7) is 2.30. The van der Waals surface area contributed by atoms with Crippen LogP contribution in [0.3, 0.4) is 0 Å². The largest absolute Gasteiger partial charge is 0.494 e. The maximum Gasteiger partial charge on any atom is 0.226 e. The molecule has 0 fully saturated rings. The molecule has 0 radical (unpaired) electrons. The number of fused-ring (bicyclic) bond motifs is 1. The van der Waals surface area contributed by atoms with Crippen molar-refractivity contribution in [2.75, 3.05) is 24.3 Å². The topological polar surface area (TPSA) is 80.5 Å². The highest BCUT2D eigenvalue weighted by Gasteiger charge is 2.10. The van der Waals surface area contributed by atoms with E-state index < -0.39 is 5.82 Å². The number of anilines is 2. The lowest BCUT2D eigenvalue weighted by Crippen LogP contribution is -2.17. The van der Waals surface area contributed by atoms with Crippen LogP contribution in [0.1, 0.15) is 12.1 Å². The molecule has 0 saturated heterocycles. The molecule has 1 aromatic carbocycles. The van der Waals surface area contributed by atoms with E-state index >= 15 is 0 Å². The Morgan fingerprint density at radius 3 is 3.00 bits per heavy atom. The summed E-state index contributed by atoms with van der Waals surface area (Å²) >= 11 is 0. The Bertz CT molecular complexity index is 909. The van der Waals surface area contributed by atoms with Gasteiger partial charge < -0.3 is 15.4 Å². The van der Waals surface area contributed by atoms with Gasteiger partial charge in [0.05, 0.1) is 19.0 Å². The minimum atomic E-state index is -0.520. The quantitative estimate of drug-likeness (QED) is 0.719. The van der Waals surface area contributed by atoms with Gasteiger partial charge in [-0.3, -0.25) is 14.2 Å².